The molecule has 1 amide bonds. The van der Waals surface area contributed by atoms with Gasteiger partial charge in [-0.2, -0.15) is 0 Å². The van der Waals surface area contributed by atoms with Crippen molar-refractivity contribution < 1.29 is 14.6 Å². The van der Waals surface area contributed by atoms with E-state index in [-0.39, 0.29) is 18.7 Å². The fourth-order valence-corrected chi connectivity index (χ4v) is 2.85. The van der Waals surface area contributed by atoms with Crippen LogP contribution in [-0.2, 0) is 4.74 Å². The molecule has 2 saturated heterocycles. The van der Waals surface area contributed by atoms with Crippen molar-refractivity contribution in [1.29, 1.82) is 0 Å². The first-order valence-electron chi connectivity index (χ1n) is 6.75. The minimum Gasteiger partial charge on any atom is -0.444 e. The lowest BCUT2D eigenvalue weighted by Crippen LogP contribution is -2.55. The smallest absolute Gasteiger partial charge is 0.410 e. The topological polar surface area (TPSA) is 53.0 Å². The van der Waals surface area contributed by atoms with Crippen molar-refractivity contribution in [2.75, 3.05) is 26.2 Å². The van der Waals surface area contributed by atoms with Gasteiger partial charge < -0.3 is 14.7 Å². The van der Waals surface area contributed by atoms with Gasteiger partial charge in [0, 0.05) is 31.7 Å². The van der Waals surface area contributed by atoms with Crippen LogP contribution in [0.2, 0.25) is 0 Å². The van der Waals surface area contributed by atoms with E-state index in [1.807, 2.05) is 20.8 Å². The van der Waals surface area contributed by atoms with E-state index in [2.05, 4.69) is 4.90 Å². The lowest BCUT2D eigenvalue weighted by Gasteiger charge is -2.39. The zero-order valence-electron chi connectivity index (χ0n) is 11.6. The van der Waals surface area contributed by atoms with Gasteiger partial charge in [0.15, 0.2) is 0 Å². The van der Waals surface area contributed by atoms with Crippen molar-refractivity contribution in [2.45, 2.75) is 51.3 Å². The number of hydrogen-bond acceptors (Lipinski definition) is 4. The molecule has 5 nitrogen and oxygen atoms in total. The quantitative estimate of drug-likeness (QED) is 0.762. The van der Waals surface area contributed by atoms with Crippen molar-refractivity contribution in [3.05, 3.63) is 0 Å². The molecule has 0 aromatic heterocycles. The molecule has 1 N–H and O–H groups in total. The highest BCUT2D eigenvalue weighted by Gasteiger charge is 2.39. The van der Waals surface area contributed by atoms with Crippen molar-refractivity contribution in [3.63, 3.8) is 0 Å². The number of ether oxygens (including phenoxy) is 1. The number of hydrogen-bond donors (Lipinski definition) is 1. The molecule has 0 aromatic rings. The van der Waals surface area contributed by atoms with Crippen molar-refractivity contribution in [3.8, 4) is 0 Å². The normalized spacial score (nSPS) is 29.2. The summed E-state index contributed by atoms with van der Waals surface area (Å²) in [5.41, 5.74) is -0.433. The van der Waals surface area contributed by atoms with Gasteiger partial charge in [-0.1, -0.05) is 0 Å². The summed E-state index contributed by atoms with van der Waals surface area (Å²) in [6.45, 7) is 8.15. The molecule has 5 heteroatoms. The molecular weight excluding hydrogens is 232 g/mol. The van der Waals surface area contributed by atoms with Crippen LogP contribution < -0.4 is 0 Å². The van der Waals surface area contributed by atoms with Crippen LogP contribution in [0.3, 0.4) is 0 Å². The van der Waals surface area contributed by atoms with Gasteiger partial charge in [-0.15, -0.1) is 0 Å². The molecule has 0 aromatic carbocycles. The fourth-order valence-electron chi connectivity index (χ4n) is 2.85. The number of fused-ring (bicyclic) bond motifs is 1. The van der Waals surface area contributed by atoms with Gasteiger partial charge >= 0.3 is 6.09 Å². The van der Waals surface area contributed by atoms with Crippen LogP contribution in [0.25, 0.3) is 0 Å². The van der Waals surface area contributed by atoms with Gasteiger partial charge in [0.25, 0.3) is 0 Å². The molecule has 0 bridgehead atoms. The first kappa shape index (κ1) is 13.6. The second-order valence-corrected chi connectivity index (χ2v) is 6.23. The molecule has 2 rings (SSSR count). The Labute approximate surface area is 109 Å². The number of piperazine rings is 1. The van der Waals surface area contributed by atoms with Crippen LogP contribution in [0, 0.1) is 0 Å². The van der Waals surface area contributed by atoms with Gasteiger partial charge in [-0.25, -0.2) is 4.79 Å². The van der Waals surface area contributed by atoms with E-state index in [4.69, 9.17) is 4.74 Å². The number of carbonyl (C=O) groups is 1. The first-order valence-corrected chi connectivity index (χ1v) is 6.75. The van der Waals surface area contributed by atoms with Crippen molar-refractivity contribution in [2.24, 2.45) is 0 Å². The Balaban J connectivity index is 1.90. The second kappa shape index (κ2) is 5.05. The van der Waals surface area contributed by atoms with E-state index in [0.29, 0.717) is 12.6 Å². The van der Waals surface area contributed by atoms with Gasteiger partial charge in [0.2, 0.25) is 0 Å². The third kappa shape index (κ3) is 2.95. The maximum absolute atomic E-state index is 12.0. The Morgan fingerprint density at radius 1 is 1.33 bits per heavy atom. The van der Waals surface area contributed by atoms with Crippen molar-refractivity contribution >= 4 is 6.09 Å². The molecule has 0 radical (unpaired) electrons. The summed E-state index contributed by atoms with van der Waals surface area (Å²) in [6.07, 6.45) is 1.88. The Kier molecular flexibility index (Phi) is 3.82. The van der Waals surface area contributed by atoms with Gasteiger partial charge in [0.05, 0.1) is 6.61 Å². The van der Waals surface area contributed by atoms with Crippen LogP contribution in [0.15, 0.2) is 0 Å². The summed E-state index contributed by atoms with van der Waals surface area (Å²) in [5, 5.41) is 9.29. The predicted molar refractivity (Wildman–Crippen MR) is 68.4 cm³/mol. The SMILES string of the molecule is CC(C)(C)OC(=O)N1CCN2[C@H](CO)CC[C@H]2C1. The van der Waals surface area contributed by atoms with Crippen LogP contribution in [0.1, 0.15) is 33.6 Å². The van der Waals surface area contributed by atoms with E-state index in [1.54, 1.807) is 4.90 Å². The highest BCUT2D eigenvalue weighted by atomic mass is 16.6. The standard InChI is InChI=1S/C13H24N2O3/c1-13(2,3)18-12(17)14-6-7-15-10(8-14)4-5-11(15)9-16/h10-11,16H,4-9H2,1-3H3/t10-,11-/m0/s1. The summed E-state index contributed by atoms with van der Waals surface area (Å²) in [4.78, 5) is 16.1. The molecular formula is C13H24N2O3. The van der Waals surface area contributed by atoms with Gasteiger partial charge in [0.1, 0.15) is 5.60 Å². The fraction of sp³-hybridized carbons (Fsp3) is 0.923. The number of aliphatic hydroxyl groups excluding tert-OH is 1. The molecule has 0 spiro atoms. The highest BCUT2D eigenvalue weighted by molar-refractivity contribution is 5.68. The van der Waals surface area contributed by atoms with Gasteiger partial charge in [-0.3, -0.25) is 4.90 Å². The summed E-state index contributed by atoms with van der Waals surface area (Å²) in [7, 11) is 0. The van der Waals surface area contributed by atoms with E-state index in [1.165, 1.54) is 0 Å². The third-order valence-electron chi connectivity index (χ3n) is 3.69. The summed E-state index contributed by atoms with van der Waals surface area (Å²) >= 11 is 0. The average Bonchev–Trinajstić information content (AvgIpc) is 2.68. The maximum Gasteiger partial charge on any atom is 0.410 e. The lowest BCUT2D eigenvalue weighted by molar-refractivity contribution is 0.00201. The number of rotatable bonds is 1. The minimum absolute atomic E-state index is 0.213. The third-order valence-corrected chi connectivity index (χ3v) is 3.69. The maximum atomic E-state index is 12.0. The van der Waals surface area contributed by atoms with E-state index >= 15 is 0 Å². The Hall–Kier alpha value is -0.810. The Morgan fingerprint density at radius 3 is 2.67 bits per heavy atom. The van der Waals surface area contributed by atoms with Crippen molar-refractivity contribution in [1.82, 2.24) is 9.80 Å². The van der Waals surface area contributed by atoms with Crippen LogP contribution in [0.4, 0.5) is 4.79 Å². The molecule has 18 heavy (non-hydrogen) atoms. The zero-order chi connectivity index (χ0) is 13.3. The number of amides is 1. The molecule has 0 saturated carbocycles. The predicted octanol–water partition coefficient (Wildman–Crippen LogP) is 1.06. The van der Waals surface area contributed by atoms with Crippen LogP contribution in [-0.4, -0.2) is 64.9 Å². The number of nitrogens with zero attached hydrogens (tertiary/aromatic N) is 2. The highest BCUT2D eigenvalue weighted by Crippen LogP contribution is 2.27. The largest absolute Gasteiger partial charge is 0.444 e. The van der Waals surface area contributed by atoms with E-state index in [0.717, 1.165) is 25.9 Å². The Morgan fingerprint density at radius 2 is 2.06 bits per heavy atom. The molecule has 0 unspecified atom stereocenters. The average molecular weight is 256 g/mol. The molecule has 2 aliphatic heterocycles. The second-order valence-electron chi connectivity index (χ2n) is 6.23. The molecule has 2 aliphatic rings. The molecule has 2 fully saturated rings. The first-order chi connectivity index (χ1) is 8.40. The summed E-state index contributed by atoms with van der Waals surface area (Å²) in [6, 6.07) is 0.680. The van der Waals surface area contributed by atoms with Gasteiger partial charge in [-0.05, 0) is 33.6 Å². The summed E-state index contributed by atoms with van der Waals surface area (Å²) < 4.78 is 5.40. The minimum atomic E-state index is -0.433. The number of aliphatic hydroxyl groups is 1. The molecule has 2 atom stereocenters. The molecule has 104 valence electrons. The Bertz CT molecular complexity index is 314. The van der Waals surface area contributed by atoms with E-state index < -0.39 is 5.60 Å². The summed E-state index contributed by atoms with van der Waals surface area (Å²) in [5.74, 6) is 0. The zero-order valence-corrected chi connectivity index (χ0v) is 11.6. The lowest BCUT2D eigenvalue weighted by atomic mass is 10.1. The van der Waals surface area contributed by atoms with E-state index in [9.17, 15) is 9.90 Å². The van der Waals surface area contributed by atoms with Crippen LogP contribution >= 0.6 is 0 Å². The van der Waals surface area contributed by atoms with Crippen LogP contribution in [0.5, 0.6) is 0 Å². The molecule has 2 heterocycles. The monoisotopic (exact) mass is 256 g/mol. The number of carbonyl (C=O) groups excluding carboxylic acids is 1. The molecule has 0 aliphatic carbocycles.